The van der Waals surface area contributed by atoms with Gasteiger partial charge in [-0.25, -0.2) is 0 Å². The molecule has 1 saturated heterocycles. The second-order valence-electron chi connectivity index (χ2n) is 2.53. The largest absolute Gasteiger partial charge is 0.381 e. The topological polar surface area (TPSA) is 44.8 Å². The van der Waals surface area contributed by atoms with Crippen LogP contribution in [-0.4, -0.2) is 39.0 Å². The van der Waals surface area contributed by atoms with Crippen molar-refractivity contribution < 1.29 is 19.0 Å². The first-order valence-electron chi connectivity index (χ1n) is 4.18. The Labute approximate surface area is 71.8 Å². The molecule has 1 aliphatic rings. The van der Waals surface area contributed by atoms with E-state index < -0.39 is 0 Å². The van der Waals surface area contributed by atoms with E-state index in [-0.39, 0.29) is 6.29 Å². The monoisotopic (exact) mass is 174 g/mol. The van der Waals surface area contributed by atoms with Crippen molar-refractivity contribution in [3.8, 4) is 0 Å². The van der Waals surface area contributed by atoms with E-state index in [1.807, 2.05) is 0 Å². The van der Waals surface area contributed by atoms with Crippen molar-refractivity contribution in [1.82, 2.24) is 0 Å². The Balaban J connectivity index is 1.84. The van der Waals surface area contributed by atoms with Gasteiger partial charge < -0.3 is 19.0 Å². The Morgan fingerprint density at radius 2 is 2.08 bits per heavy atom. The van der Waals surface area contributed by atoms with Crippen LogP contribution in [0.25, 0.3) is 0 Å². The number of aldehydes is 1. The molecule has 4 nitrogen and oxygen atoms in total. The molecular formula is C8H14O4. The van der Waals surface area contributed by atoms with Crippen LogP contribution in [0.1, 0.15) is 12.8 Å². The number of hydrogen-bond donors (Lipinski definition) is 0. The van der Waals surface area contributed by atoms with Gasteiger partial charge in [0.1, 0.15) is 6.29 Å². The molecule has 0 saturated carbocycles. The zero-order valence-electron chi connectivity index (χ0n) is 7.03. The summed E-state index contributed by atoms with van der Waals surface area (Å²) in [6, 6.07) is 0. The Morgan fingerprint density at radius 1 is 1.33 bits per heavy atom. The van der Waals surface area contributed by atoms with Crippen LogP contribution in [-0.2, 0) is 19.0 Å². The summed E-state index contributed by atoms with van der Waals surface area (Å²) in [7, 11) is 0. The molecule has 0 amide bonds. The lowest BCUT2D eigenvalue weighted by Crippen LogP contribution is -2.11. The first-order valence-corrected chi connectivity index (χ1v) is 4.18. The van der Waals surface area contributed by atoms with Gasteiger partial charge in [0.05, 0.1) is 26.4 Å². The molecule has 0 aliphatic carbocycles. The first kappa shape index (κ1) is 9.64. The number of rotatable bonds is 6. The summed E-state index contributed by atoms with van der Waals surface area (Å²) >= 11 is 0. The van der Waals surface area contributed by atoms with E-state index in [0.717, 1.165) is 12.7 Å². The average molecular weight is 174 g/mol. The second-order valence-corrected chi connectivity index (χ2v) is 2.53. The molecule has 1 rings (SSSR count). The third kappa shape index (κ3) is 3.80. The van der Waals surface area contributed by atoms with E-state index in [1.54, 1.807) is 0 Å². The van der Waals surface area contributed by atoms with E-state index in [4.69, 9.17) is 14.2 Å². The zero-order valence-corrected chi connectivity index (χ0v) is 7.03. The van der Waals surface area contributed by atoms with Gasteiger partial charge in [-0.2, -0.15) is 0 Å². The van der Waals surface area contributed by atoms with Crippen LogP contribution in [0.15, 0.2) is 0 Å². The highest BCUT2D eigenvalue weighted by Gasteiger charge is 2.14. The van der Waals surface area contributed by atoms with Gasteiger partial charge in [0, 0.05) is 12.8 Å². The van der Waals surface area contributed by atoms with Gasteiger partial charge in [0.25, 0.3) is 0 Å². The number of hydrogen-bond acceptors (Lipinski definition) is 4. The molecule has 0 aromatic heterocycles. The Hall–Kier alpha value is -0.450. The highest BCUT2D eigenvalue weighted by molar-refractivity contribution is 5.49. The minimum absolute atomic E-state index is 0.0961. The second kappa shape index (κ2) is 6.11. The maximum absolute atomic E-state index is 9.89. The average Bonchev–Trinajstić information content (AvgIpc) is 2.57. The summed E-state index contributed by atoms with van der Waals surface area (Å²) in [5.74, 6) is 0. The lowest BCUT2D eigenvalue weighted by Gasteiger charge is -2.07. The highest BCUT2D eigenvalue weighted by atomic mass is 16.7. The van der Waals surface area contributed by atoms with E-state index in [2.05, 4.69) is 0 Å². The molecule has 0 unspecified atom stereocenters. The molecule has 0 N–H and O–H groups in total. The van der Waals surface area contributed by atoms with E-state index in [9.17, 15) is 4.79 Å². The minimum atomic E-state index is -0.0961. The van der Waals surface area contributed by atoms with E-state index >= 15 is 0 Å². The number of carbonyl (C=O) groups excluding carboxylic acids is 1. The molecule has 1 aliphatic heterocycles. The van der Waals surface area contributed by atoms with Crippen LogP contribution in [0.5, 0.6) is 0 Å². The van der Waals surface area contributed by atoms with Gasteiger partial charge in [-0.05, 0) is 0 Å². The maximum atomic E-state index is 9.89. The van der Waals surface area contributed by atoms with Crippen LogP contribution < -0.4 is 0 Å². The summed E-state index contributed by atoms with van der Waals surface area (Å²) in [5, 5.41) is 0. The van der Waals surface area contributed by atoms with Crippen molar-refractivity contribution in [2.75, 3.05) is 26.4 Å². The predicted molar refractivity (Wildman–Crippen MR) is 41.8 cm³/mol. The van der Waals surface area contributed by atoms with Crippen LogP contribution in [0.2, 0.25) is 0 Å². The summed E-state index contributed by atoms with van der Waals surface area (Å²) in [6.07, 6.45) is 1.97. The Kier molecular flexibility index (Phi) is 4.91. The van der Waals surface area contributed by atoms with Crippen LogP contribution in [0, 0.1) is 0 Å². The highest BCUT2D eigenvalue weighted by Crippen LogP contribution is 2.07. The van der Waals surface area contributed by atoms with E-state index in [1.165, 1.54) is 0 Å². The normalized spacial score (nSPS) is 18.3. The minimum Gasteiger partial charge on any atom is -0.381 e. The molecule has 0 radical (unpaired) electrons. The van der Waals surface area contributed by atoms with Crippen LogP contribution in [0.3, 0.4) is 0 Å². The van der Waals surface area contributed by atoms with Crippen molar-refractivity contribution in [1.29, 1.82) is 0 Å². The molecule has 4 heteroatoms. The molecule has 12 heavy (non-hydrogen) atoms. The lowest BCUT2D eigenvalue weighted by atomic mass is 10.4. The van der Waals surface area contributed by atoms with Gasteiger partial charge in [0.2, 0.25) is 0 Å². The molecule has 1 heterocycles. The summed E-state index contributed by atoms with van der Waals surface area (Å²) in [5.41, 5.74) is 0. The molecule has 0 aromatic carbocycles. The lowest BCUT2D eigenvalue weighted by molar-refractivity contribution is -0.109. The maximum Gasteiger partial charge on any atom is 0.160 e. The van der Waals surface area contributed by atoms with Gasteiger partial charge in [-0.3, -0.25) is 0 Å². The van der Waals surface area contributed by atoms with Crippen LogP contribution in [0.4, 0.5) is 0 Å². The molecule has 1 fully saturated rings. The molecule has 0 aromatic rings. The van der Waals surface area contributed by atoms with Gasteiger partial charge >= 0.3 is 0 Å². The Morgan fingerprint density at radius 3 is 2.75 bits per heavy atom. The number of ether oxygens (including phenoxy) is 3. The van der Waals surface area contributed by atoms with Gasteiger partial charge in [-0.1, -0.05) is 0 Å². The van der Waals surface area contributed by atoms with E-state index in [0.29, 0.717) is 32.8 Å². The SMILES string of the molecule is O=CCCOCCC1OCCO1. The fourth-order valence-electron chi connectivity index (χ4n) is 0.987. The first-order chi connectivity index (χ1) is 5.93. The molecule has 0 bridgehead atoms. The smallest absolute Gasteiger partial charge is 0.160 e. The molecule has 70 valence electrons. The van der Waals surface area contributed by atoms with Crippen molar-refractivity contribution in [3.05, 3.63) is 0 Å². The fourth-order valence-corrected chi connectivity index (χ4v) is 0.987. The molecule has 0 spiro atoms. The fraction of sp³-hybridized carbons (Fsp3) is 0.875. The van der Waals surface area contributed by atoms with Crippen LogP contribution >= 0.6 is 0 Å². The summed E-state index contributed by atoms with van der Waals surface area (Å²) in [4.78, 5) is 9.89. The standard InChI is InChI=1S/C8H14O4/c9-3-1-4-10-5-2-8-11-6-7-12-8/h3,8H,1-2,4-7H2. The van der Waals surface area contributed by atoms with Gasteiger partial charge in [-0.15, -0.1) is 0 Å². The Bertz CT molecular complexity index is 120. The predicted octanol–water partition coefficient (Wildman–Crippen LogP) is 0.355. The quantitative estimate of drug-likeness (QED) is 0.430. The number of carbonyl (C=O) groups is 1. The third-order valence-electron chi connectivity index (χ3n) is 1.57. The van der Waals surface area contributed by atoms with Gasteiger partial charge in [0.15, 0.2) is 6.29 Å². The van der Waals surface area contributed by atoms with Crippen molar-refractivity contribution in [2.45, 2.75) is 19.1 Å². The van der Waals surface area contributed by atoms with Crippen molar-refractivity contribution >= 4 is 6.29 Å². The zero-order chi connectivity index (χ0) is 8.65. The molecular weight excluding hydrogens is 160 g/mol. The third-order valence-corrected chi connectivity index (χ3v) is 1.57. The van der Waals surface area contributed by atoms with Crippen molar-refractivity contribution in [2.24, 2.45) is 0 Å². The summed E-state index contributed by atoms with van der Waals surface area (Å²) < 4.78 is 15.5. The van der Waals surface area contributed by atoms with Crippen molar-refractivity contribution in [3.63, 3.8) is 0 Å². The summed E-state index contributed by atoms with van der Waals surface area (Å²) in [6.45, 7) is 2.45. The molecule has 0 atom stereocenters.